The average Bonchev–Trinajstić information content (AvgIpc) is 3.48. The molecule has 4 nitrogen and oxygen atoms in total. The van der Waals surface area contributed by atoms with Crippen LogP contribution in [0.25, 0.3) is 0 Å². The highest BCUT2D eigenvalue weighted by atomic mass is 16.4. The largest absolute Gasteiger partial charge is 0.481 e. The Kier molecular flexibility index (Phi) is 9.86. The number of hydrogen-bond acceptors (Lipinski definition) is 3. The number of rotatable bonds is 15. The Balaban J connectivity index is 1.80. The van der Waals surface area contributed by atoms with Gasteiger partial charge in [0.25, 0.3) is 0 Å². The van der Waals surface area contributed by atoms with E-state index in [1.807, 2.05) is 18.2 Å². The topological polar surface area (TPSA) is 74.6 Å². The second-order valence-corrected chi connectivity index (χ2v) is 8.76. The maximum absolute atomic E-state index is 12.2. The standard InChI is InChI=1S/C25H38O4/c1-2-3-4-9-18-25(29,21-15-16-21)19-10-11-20-14-17-23(26)22(20)12-7-5-6-8-13-24(27)28/h5,7,10-11,14,17,20-22,29H,2-4,6,8-9,12-13,15-16,18-19H2,1H3,(H,27,28)/t20-,22+,25?/m0/s1. The predicted molar refractivity (Wildman–Crippen MR) is 117 cm³/mol. The lowest BCUT2D eigenvalue weighted by Crippen LogP contribution is -2.30. The number of carboxylic acid groups (broad SMARTS) is 1. The Bertz CT molecular complexity index is 614. The monoisotopic (exact) mass is 402 g/mol. The van der Waals surface area contributed by atoms with Crippen molar-refractivity contribution in [1.29, 1.82) is 0 Å². The summed E-state index contributed by atoms with van der Waals surface area (Å²) in [7, 11) is 0. The van der Waals surface area contributed by atoms with Crippen LogP contribution in [0.15, 0.2) is 36.5 Å². The van der Waals surface area contributed by atoms with Gasteiger partial charge in [0.05, 0.1) is 5.60 Å². The minimum absolute atomic E-state index is 0.0689. The SMILES string of the molecule is CCCCCCC(O)(CC=C[C@H]1C=CC(=O)[C@@H]1CC=CCCCC(=O)O)C1CC1. The van der Waals surface area contributed by atoms with E-state index in [1.165, 1.54) is 19.3 Å². The molecule has 1 fully saturated rings. The number of allylic oxidation sites excluding steroid dienone is 5. The molecule has 2 N–H and O–H groups in total. The Hall–Kier alpha value is -1.68. The number of aliphatic carboxylic acids is 1. The number of ketones is 1. The van der Waals surface area contributed by atoms with E-state index in [4.69, 9.17) is 5.11 Å². The van der Waals surface area contributed by atoms with E-state index in [2.05, 4.69) is 19.1 Å². The number of unbranched alkanes of at least 4 members (excludes halogenated alkanes) is 4. The van der Waals surface area contributed by atoms with Crippen LogP contribution in [-0.4, -0.2) is 27.6 Å². The van der Waals surface area contributed by atoms with Crippen molar-refractivity contribution in [3.8, 4) is 0 Å². The summed E-state index contributed by atoms with van der Waals surface area (Å²) in [4.78, 5) is 22.7. The summed E-state index contributed by atoms with van der Waals surface area (Å²) in [6.07, 6.45) is 22.6. The first-order valence-electron chi connectivity index (χ1n) is 11.4. The van der Waals surface area contributed by atoms with Crippen molar-refractivity contribution < 1.29 is 19.8 Å². The van der Waals surface area contributed by atoms with Gasteiger partial charge in [-0.15, -0.1) is 0 Å². The molecule has 162 valence electrons. The van der Waals surface area contributed by atoms with Gasteiger partial charge in [0.2, 0.25) is 0 Å². The zero-order valence-corrected chi connectivity index (χ0v) is 17.9. The van der Waals surface area contributed by atoms with E-state index in [0.717, 1.165) is 32.1 Å². The molecule has 0 spiro atoms. The molecule has 3 atom stereocenters. The molecule has 0 aromatic carbocycles. The van der Waals surface area contributed by atoms with Gasteiger partial charge in [-0.3, -0.25) is 9.59 Å². The maximum atomic E-state index is 12.2. The zero-order valence-electron chi connectivity index (χ0n) is 17.9. The van der Waals surface area contributed by atoms with Crippen LogP contribution >= 0.6 is 0 Å². The van der Waals surface area contributed by atoms with Crippen LogP contribution in [0, 0.1) is 17.8 Å². The van der Waals surface area contributed by atoms with Crippen LogP contribution in [0.1, 0.15) is 84.0 Å². The van der Waals surface area contributed by atoms with Crippen LogP contribution in [0.4, 0.5) is 0 Å². The molecular formula is C25H38O4. The van der Waals surface area contributed by atoms with Crippen molar-refractivity contribution in [2.24, 2.45) is 17.8 Å². The molecule has 0 heterocycles. The number of aliphatic hydroxyl groups is 1. The smallest absolute Gasteiger partial charge is 0.303 e. The first-order valence-corrected chi connectivity index (χ1v) is 11.4. The fourth-order valence-electron chi connectivity index (χ4n) is 4.24. The summed E-state index contributed by atoms with van der Waals surface area (Å²) < 4.78 is 0. The summed E-state index contributed by atoms with van der Waals surface area (Å²) in [5.74, 6) is -0.142. The summed E-state index contributed by atoms with van der Waals surface area (Å²) >= 11 is 0. The lowest BCUT2D eigenvalue weighted by molar-refractivity contribution is -0.137. The quantitative estimate of drug-likeness (QED) is 0.275. The molecule has 2 aliphatic rings. The molecule has 0 aromatic rings. The van der Waals surface area contributed by atoms with E-state index in [1.54, 1.807) is 6.08 Å². The van der Waals surface area contributed by atoms with Crippen molar-refractivity contribution in [1.82, 2.24) is 0 Å². The van der Waals surface area contributed by atoms with Crippen LogP contribution in [0.3, 0.4) is 0 Å². The molecule has 1 unspecified atom stereocenters. The van der Waals surface area contributed by atoms with Gasteiger partial charge in [0, 0.05) is 18.3 Å². The number of carboxylic acids is 1. The van der Waals surface area contributed by atoms with Gasteiger partial charge in [-0.2, -0.15) is 0 Å². The van der Waals surface area contributed by atoms with E-state index in [9.17, 15) is 14.7 Å². The van der Waals surface area contributed by atoms with Gasteiger partial charge in [-0.25, -0.2) is 0 Å². The minimum atomic E-state index is -0.768. The van der Waals surface area contributed by atoms with E-state index in [-0.39, 0.29) is 24.0 Å². The highest BCUT2D eigenvalue weighted by Gasteiger charge is 2.42. The summed E-state index contributed by atoms with van der Waals surface area (Å²) in [5, 5.41) is 19.8. The molecule has 0 aromatic heterocycles. The average molecular weight is 403 g/mol. The first kappa shape index (κ1) is 23.6. The summed E-state index contributed by atoms with van der Waals surface area (Å²) in [5.41, 5.74) is -0.573. The molecule has 1 saturated carbocycles. The second kappa shape index (κ2) is 12.1. The molecular weight excluding hydrogens is 364 g/mol. The van der Waals surface area contributed by atoms with Crippen LogP contribution in [0.2, 0.25) is 0 Å². The van der Waals surface area contributed by atoms with Crippen molar-refractivity contribution in [3.63, 3.8) is 0 Å². The molecule has 0 bridgehead atoms. The molecule has 2 aliphatic carbocycles. The highest BCUT2D eigenvalue weighted by molar-refractivity contribution is 5.95. The molecule has 2 rings (SSSR count). The van der Waals surface area contributed by atoms with Crippen LogP contribution in [0.5, 0.6) is 0 Å². The van der Waals surface area contributed by atoms with Gasteiger partial charge in [-0.1, -0.05) is 63.0 Å². The normalized spacial score (nSPS) is 24.0. The van der Waals surface area contributed by atoms with Crippen molar-refractivity contribution in [2.75, 3.05) is 0 Å². The van der Waals surface area contributed by atoms with E-state index >= 15 is 0 Å². The van der Waals surface area contributed by atoms with Crippen molar-refractivity contribution in [2.45, 2.75) is 89.6 Å². The highest BCUT2D eigenvalue weighted by Crippen LogP contribution is 2.44. The Morgan fingerprint density at radius 1 is 1.17 bits per heavy atom. The van der Waals surface area contributed by atoms with Gasteiger partial charge in [-0.05, 0) is 56.9 Å². The molecule has 0 aliphatic heterocycles. The van der Waals surface area contributed by atoms with E-state index < -0.39 is 11.6 Å². The fraction of sp³-hybridized carbons (Fsp3) is 0.680. The van der Waals surface area contributed by atoms with E-state index in [0.29, 0.717) is 25.2 Å². The zero-order chi connectivity index (χ0) is 21.1. The van der Waals surface area contributed by atoms with Crippen LogP contribution in [-0.2, 0) is 9.59 Å². The lowest BCUT2D eigenvalue weighted by atomic mass is 9.86. The molecule has 0 radical (unpaired) electrons. The molecule has 29 heavy (non-hydrogen) atoms. The fourth-order valence-corrected chi connectivity index (χ4v) is 4.24. The lowest BCUT2D eigenvalue weighted by Gasteiger charge is -2.27. The third-order valence-electron chi connectivity index (χ3n) is 6.26. The summed E-state index contributed by atoms with van der Waals surface area (Å²) in [6, 6.07) is 0. The van der Waals surface area contributed by atoms with Gasteiger partial charge < -0.3 is 10.2 Å². The van der Waals surface area contributed by atoms with Crippen LogP contribution < -0.4 is 0 Å². The molecule has 4 heteroatoms. The summed E-state index contributed by atoms with van der Waals surface area (Å²) in [6.45, 7) is 2.20. The number of carbonyl (C=O) groups excluding carboxylic acids is 1. The third kappa shape index (κ3) is 8.30. The maximum Gasteiger partial charge on any atom is 0.303 e. The first-order chi connectivity index (χ1) is 14.0. The van der Waals surface area contributed by atoms with Gasteiger partial charge >= 0.3 is 5.97 Å². The van der Waals surface area contributed by atoms with Crippen molar-refractivity contribution in [3.05, 3.63) is 36.5 Å². The number of hydrogen-bond donors (Lipinski definition) is 2. The molecule has 0 amide bonds. The Morgan fingerprint density at radius 2 is 1.97 bits per heavy atom. The second-order valence-electron chi connectivity index (χ2n) is 8.76. The Morgan fingerprint density at radius 3 is 2.66 bits per heavy atom. The number of carbonyl (C=O) groups is 2. The van der Waals surface area contributed by atoms with Crippen molar-refractivity contribution >= 4 is 11.8 Å². The Labute approximate surface area is 175 Å². The minimum Gasteiger partial charge on any atom is -0.481 e. The predicted octanol–water partition coefficient (Wildman–Crippen LogP) is 5.62. The van der Waals surface area contributed by atoms with Gasteiger partial charge in [0.15, 0.2) is 5.78 Å². The third-order valence-corrected chi connectivity index (χ3v) is 6.26. The molecule has 0 saturated heterocycles. The van der Waals surface area contributed by atoms with Gasteiger partial charge in [0.1, 0.15) is 0 Å².